The van der Waals surface area contributed by atoms with Crippen LogP contribution in [-0.4, -0.2) is 4.57 Å². The molecule has 0 radical (unpaired) electrons. The molecule has 24 heavy (non-hydrogen) atoms. The van der Waals surface area contributed by atoms with Gasteiger partial charge >= 0.3 is 0 Å². The molecule has 1 aliphatic rings. The highest BCUT2D eigenvalue weighted by Gasteiger charge is 2.20. The lowest BCUT2D eigenvalue weighted by Gasteiger charge is -2.14. The predicted molar refractivity (Wildman–Crippen MR) is 96.1 cm³/mol. The van der Waals surface area contributed by atoms with Gasteiger partial charge in [-0.15, -0.1) is 0 Å². The fraction of sp³-hybridized carbons (Fsp3) is 0.0952. The van der Waals surface area contributed by atoms with Gasteiger partial charge in [-0.2, -0.15) is 0 Å². The number of benzene rings is 3. The number of hydrogen-bond donors (Lipinski definition) is 0. The lowest BCUT2D eigenvalue weighted by Crippen LogP contribution is -2.21. The molecule has 4 aromatic rings. The molecule has 0 spiro atoms. The molecule has 3 heteroatoms. The molecule has 3 aromatic carbocycles. The Morgan fingerprint density at radius 3 is 2.54 bits per heavy atom. The number of ether oxygens (including phenoxy) is 1. The third-order valence-corrected chi connectivity index (χ3v) is 4.81. The SMILES string of the molecule is Cc1cccc2c(=O)n3c4c(cccc4c12)Oc1ccccc1C3. The van der Waals surface area contributed by atoms with Crippen LogP contribution in [0.4, 0.5) is 0 Å². The maximum Gasteiger partial charge on any atom is 0.259 e. The first-order valence-electron chi connectivity index (χ1n) is 8.04. The molecule has 1 aliphatic heterocycles. The first-order valence-corrected chi connectivity index (χ1v) is 8.04. The molecule has 1 aromatic heterocycles. The minimum Gasteiger partial charge on any atom is -0.455 e. The van der Waals surface area contributed by atoms with Gasteiger partial charge in [-0.1, -0.05) is 42.5 Å². The van der Waals surface area contributed by atoms with Crippen molar-refractivity contribution >= 4 is 21.7 Å². The van der Waals surface area contributed by atoms with E-state index in [4.69, 9.17) is 4.74 Å². The number of rotatable bonds is 0. The minimum atomic E-state index is 0.0361. The van der Waals surface area contributed by atoms with Gasteiger partial charge in [-0.3, -0.25) is 9.36 Å². The summed E-state index contributed by atoms with van der Waals surface area (Å²) in [6.45, 7) is 2.57. The van der Waals surface area contributed by atoms with Crippen LogP contribution in [0.25, 0.3) is 21.7 Å². The Labute approximate surface area is 138 Å². The van der Waals surface area contributed by atoms with E-state index in [-0.39, 0.29) is 5.56 Å². The molecule has 0 saturated heterocycles. The zero-order valence-corrected chi connectivity index (χ0v) is 13.2. The van der Waals surface area contributed by atoms with E-state index in [1.807, 2.05) is 66.1 Å². The molecule has 0 unspecified atom stereocenters. The molecule has 3 nitrogen and oxygen atoms in total. The Kier molecular flexibility index (Phi) is 2.63. The Balaban J connectivity index is 2.03. The van der Waals surface area contributed by atoms with Crippen molar-refractivity contribution in [1.82, 2.24) is 4.57 Å². The summed E-state index contributed by atoms with van der Waals surface area (Å²) in [6.07, 6.45) is 0. The van der Waals surface area contributed by atoms with Crippen LogP contribution in [0.1, 0.15) is 11.1 Å². The maximum absolute atomic E-state index is 13.2. The Hall–Kier alpha value is -3.07. The highest BCUT2D eigenvalue weighted by molar-refractivity contribution is 6.09. The fourth-order valence-corrected chi connectivity index (χ4v) is 3.71. The second-order valence-corrected chi connectivity index (χ2v) is 6.25. The van der Waals surface area contributed by atoms with Gasteiger partial charge in [0, 0.05) is 16.3 Å². The lowest BCUT2D eigenvalue weighted by molar-refractivity contribution is 0.486. The average Bonchev–Trinajstić information content (AvgIpc) is 2.77. The summed E-state index contributed by atoms with van der Waals surface area (Å²) in [5, 5.41) is 2.84. The highest BCUT2D eigenvalue weighted by Crippen LogP contribution is 2.37. The summed E-state index contributed by atoms with van der Waals surface area (Å²) in [5.74, 6) is 1.55. The first kappa shape index (κ1) is 13.4. The molecule has 0 bridgehead atoms. The van der Waals surface area contributed by atoms with Crippen molar-refractivity contribution in [3.05, 3.63) is 82.1 Å². The predicted octanol–water partition coefficient (Wildman–Crippen LogP) is 4.62. The molecule has 0 atom stereocenters. The Morgan fingerprint density at radius 1 is 0.875 bits per heavy atom. The number of aromatic nitrogens is 1. The Morgan fingerprint density at radius 2 is 1.62 bits per heavy atom. The first-order chi connectivity index (χ1) is 11.7. The van der Waals surface area contributed by atoms with Gasteiger partial charge < -0.3 is 4.74 Å². The normalized spacial score (nSPS) is 12.7. The summed E-state index contributed by atoms with van der Waals surface area (Å²) in [5.41, 5.74) is 3.04. The van der Waals surface area contributed by atoms with Crippen molar-refractivity contribution in [1.29, 1.82) is 0 Å². The molecular formula is C21H15NO2. The number of hydrogen-bond acceptors (Lipinski definition) is 2. The second-order valence-electron chi connectivity index (χ2n) is 6.25. The van der Waals surface area contributed by atoms with E-state index in [9.17, 15) is 4.79 Å². The molecule has 0 fully saturated rings. The van der Waals surface area contributed by atoms with Crippen molar-refractivity contribution in [2.75, 3.05) is 0 Å². The minimum absolute atomic E-state index is 0.0361. The number of fused-ring (bicyclic) bond motifs is 3. The molecule has 116 valence electrons. The maximum atomic E-state index is 13.2. The largest absolute Gasteiger partial charge is 0.455 e. The number of aryl methyl sites for hydroxylation is 1. The van der Waals surface area contributed by atoms with E-state index in [1.165, 1.54) is 0 Å². The van der Waals surface area contributed by atoms with Crippen LogP contribution >= 0.6 is 0 Å². The summed E-state index contributed by atoms with van der Waals surface area (Å²) in [6, 6.07) is 19.8. The van der Waals surface area contributed by atoms with Crippen molar-refractivity contribution in [2.45, 2.75) is 13.5 Å². The van der Waals surface area contributed by atoms with Gasteiger partial charge in [0.25, 0.3) is 5.56 Å². The smallest absolute Gasteiger partial charge is 0.259 e. The van der Waals surface area contributed by atoms with Crippen LogP contribution in [-0.2, 0) is 6.54 Å². The van der Waals surface area contributed by atoms with Crippen molar-refractivity contribution < 1.29 is 4.74 Å². The van der Waals surface area contributed by atoms with Crippen LogP contribution in [0.5, 0.6) is 11.5 Å². The zero-order chi connectivity index (χ0) is 16.3. The summed E-state index contributed by atoms with van der Waals surface area (Å²) in [4.78, 5) is 13.2. The number of nitrogens with zero attached hydrogens (tertiary/aromatic N) is 1. The van der Waals surface area contributed by atoms with Gasteiger partial charge in [0.1, 0.15) is 5.75 Å². The number of pyridine rings is 1. The van der Waals surface area contributed by atoms with Crippen molar-refractivity contribution in [3.63, 3.8) is 0 Å². The van der Waals surface area contributed by atoms with Gasteiger partial charge in [0.15, 0.2) is 5.75 Å². The van der Waals surface area contributed by atoms with E-state index in [0.717, 1.165) is 44.3 Å². The second kappa shape index (κ2) is 4.71. The summed E-state index contributed by atoms with van der Waals surface area (Å²) < 4.78 is 8.00. The molecular weight excluding hydrogens is 298 g/mol. The third-order valence-electron chi connectivity index (χ3n) is 4.81. The molecule has 0 saturated carbocycles. The topological polar surface area (TPSA) is 31.2 Å². The van der Waals surface area contributed by atoms with E-state index in [2.05, 4.69) is 6.07 Å². The third kappa shape index (κ3) is 1.69. The van der Waals surface area contributed by atoms with E-state index in [0.29, 0.717) is 6.54 Å². The molecule has 5 rings (SSSR count). The van der Waals surface area contributed by atoms with Crippen LogP contribution in [0.15, 0.2) is 65.5 Å². The fourth-order valence-electron chi connectivity index (χ4n) is 3.71. The standard InChI is InChI=1S/C21H15NO2/c1-13-6-4-9-16-19(13)15-8-5-11-18-20(15)22(21(16)23)12-14-7-2-3-10-17(14)24-18/h2-11H,12H2,1H3. The van der Waals surface area contributed by atoms with Crippen LogP contribution < -0.4 is 10.3 Å². The molecule has 0 N–H and O–H groups in total. The molecule has 0 aliphatic carbocycles. The highest BCUT2D eigenvalue weighted by atomic mass is 16.5. The van der Waals surface area contributed by atoms with Gasteiger partial charge in [-0.25, -0.2) is 0 Å². The van der Waals surface area contributed by atoms with E-state index < -0.39 is 0 Å². The lowest BCUT2D eigenvalue weighted by atomic mass is 10.0. The summed E-state index contributed by atoms with van der Waals surface area (Å²) >= 11 is 0. The zero-order valence-electron chi connectivity index (χ0n) is 13.2. The summed E-state index contributed by atoms with van der Waals surface area (Å²) in [7, 11) is 0. The monoisotopic (exact) mass is 313 g/mol. The molecule has 0 amide bonds. The van der Waals surface area contributed by atoms with Crippen LogP contribution in [0.2, 0.25) is 0 Å². The van der Waals surface area contributed by atoms with Gasteiger partial charge in [0.2, 0.25) is 0 Å². The van der Waals surface area contributed by atoms with Gasteiger partial charge in [0.05, 0.1) is 12.1 Å². The van der Waals surface area contributed by atoms with E-state index >= 15 is 0 Å². The van der Waals surface area contributed by atoms with Crippen molar-refractivity contribution in [3.8, 4) is 11.5 Å². The molecule has 2 heterocycles. The average molecular weight is 313 g/mol. The van der Waals surface area contributed by atoms with Crippen LogP contribution in [0.3, 0.4) is 0 Å². The number of para-hydroxylation sites is 2. The van der Waals surface area contributed by atoms with Gasteiger partial charge in [-0.05, 0) is 36.1 Å². The van der Waals surface area contributed by atoms with Crippen molar-refractivity contribution in [2.24, 2.45) is 0 Å². The quantitative estimate of drug-likeness (QED) is 0.391. The Bertz CT molecular complexity index is 1190. The van der Waals surface area contributed by atoms with E-state index in [1.54, 1.807) is 0 Å². The van der Waals surface area contributed by atoms with Crippen LogP contribution in [0, 0.1) is 6.92 Å².